The number of carbonyl (C=O) groups excluding carboxylic acids is 1. The van der Waals surface area contributed by atoms with E-state index < -0.39 is 0 Å². The van der Waals surface area contributed by atoms with Gasteiger partial charge in [-0.25, -0.2) is 4.79 Å². The van der Waals surface area contributed by atoms with Crippen LogP contribution in [0.15, 0.2) is 40.5 Å². The van der Waals surface area contributed by atoms with Crippen LogP contribution in [0.2, 0.25) is 0 Å². The third-order valence-corrected chi connectivity index (χ3v) is 2.58. The van der Waals surface area contributed by atoms with Gasteiger partial charge in [-0.2, -0.15) is 0 Å². The lowest BCUT2D eigenvalue weighted by molar-refractivity contribution is 0.255. The molecule has 1 rings (SSSR count). The molecule has 0 bridgehead atoms. The molecule has 0 saturated carbocycles. The number of carbonyl (C=O) groups is 1. The average Bonchev–Trinajstić information content (AvgIpc) is 2.26. The quantitative estimate of drug-likeness (QED) is 0.868. The van der Waals surface area contributed by atoms with Crippen LogP contribution in [0, 0.1) is 0 Å². The molecule has 0 spiro atoms. The van der Waals surface area contributed by atoms with Crippen LogP contribution in [0.1, 0.15) is 20.3 Å². The Bertz CT molecular complexity index is 402. The highest BCUT2D eigenvalue weighted by molar-refractivity contribution is 9.10. The van der Waals surface area contributed by atoms with Gasteiger partial charge in [0.25, 0.3) is 0 Å². The summed E-state index contributed by atoms with van der Waals surface area (Å²) >= 11 is 3.34. The van der Waals surface area contributed by atoms with Crippen molar-refractivity contribution in [2.75, 3.05) is 5.32 Å². The molecule has 0 atom stereocenters. The molecule has 1 aromatic carbocycles. The van der Waals surface area contributed by atoms with Crippen LogP contribution in [0.5, 0.6) is 0 Å². The number of hydrogen-bond acceptors (Lipinski definition) is 1. The van der Waals surface area contributed by atoms with E-state index in [1.165, 1.54) is 0 Å². The van der Waals surface area contributed by atoms with Gasteiger partial charge in [0, 0.05) is 16.4 Å². The lowest BCUT2D eigenvalue weighted by atomic mass is 10.3. The van der Waals surface area contributed by atoms with Gasteiger partial charge in [-0.3, -0.25) is 0 Å². The number of anilines is 1. The number of benzene rings is 1. The van der Waals surface area contributed by atoms with Gasteiger partial charge in [0.1, 0.15) is 0 Å². The lowest BCUT2D eigenvalue weighted by Crippen LogP contribution is -2.24. The smallest absolute Gasteiger partial charge is 0.314 e. The molecule has 3 nitrogen and oxygen atoms in total. The first-order chi connectivity index (χ1) is 7.61. The summed E-state index contributed by atoms with van der Waals surface area (Å²) in [5, 5.41) is 5.41. The molecule has 0 fully saturated rings. The Morgan fingerprint density at radius 2 is 2.25 bits per heavy atom. The van der Waals surface area contributed by atoms with Crippen molar-refractivity contribution in [1.29, 1.82) is 0 Å². The van der Waals surface area contributed by atoms with Gasteiger partial charge in [0.15, 0.2) is 0 Å². The molecule has 0 radical (unpaired) electrons. The normalized spacial score (nSPS) is 11.1. The molecule has 2 N–H and O–H groups in total. The summed E-state index contributed by atoms with van der Waals surface area (Å²) in [6.07, 6.45) is 2.64. The zero-order valence-electron chi connectivity index (χ0n) is 9.38. The topological polar surface area (TPSA) is 41.1 Å². The van der Waals surface area contributed by atoms with E-state index in [2.05, 4.69) is 26.6 Å². The maximum Gasteiger partial charge on any atom is 0.323 e. The highest BCUT2D eigenvalue weighted by atomic mass is 79.9. The number of hydrogen-bond donors (Lipinski definition) is 2. The minimum atomic E-state index is -0.231. The summed E-state index contributed by atoms with van der Waals surface area (Å²) in [4.78, 5) is 11.5. The van der Waals surface area contributed by atoms with Gasteiger partial charge in [-0.1, -0.05) is 34.5 Å². The second kappa shape index (κ2) is 6.33. The van der Waals surface area contributed by atoms with E-state index in [0.717, 1.165) is 22.2 Å². The summed E-state index contributed by atoms with van der Waals surface area (Å²) in [6, 6.07) is 7.22. The molecule has 16 heavy (non-hydrogen) atoms. The highest BCUT2D eigenvalue weighted by Crippen LogP contribution is 2.15. The number of allylic oxidation sites excluding steroid dienone is 1. The fourth-order valence-corrected chi connectivity index (χ4v) is 1.42. The number of rotatable bonds is 3. The van der Waals surface area contributed by atoms with E-state index in [0.29, 0.717) is 0 Å². The van der Waals surface area contributed by atoms with Crippen molar-refractivity contribution < 1.29 is 4.79 Å². The molecule has 0 aliphatic heterocycles. The van der Waals surface area contributed by atoms with Crippen molar-refractivity contribution >= 4 is 27.6 Å². The van der Waals surface area contributed by atoms with E-state index in [4.69, 9.17) is 0 Å². The van der Waals surface area contributed by atoms with Crippen LogP contribution in [0.25, 0.3) is 0 Å². The summed E-state index contributed by atoms with van der Waals surface area (Å²) in [5.74, 6) is 0. The SMILES string of the molecule is CC/C(C)=C/NC(=O)Nc1cccc(Br)c1. The fourth-order valence-electron chi connectivity index (χ4n) is 1.02. The predicted octanol–water partition coefficient (Wildman–Crippen LogP) is 3.88. The molecular formula is C12H15BrN2O. The minimum Gasteiger partial charge on any atom is -0.314 e. The van der Waals surface area contributed by atoms with Gasteiger partial charge >= 0.3 is 6.03 Å². The van der Waals surface area contributed by atoms with Crippen LogP contribution in [-0.2, 0) is 0 Å². The Balaban J connectivity index is 2.52. The molecule has 0 aliphatic rings. The van der Waals surface area contributed by atoms with Gasteiger partial charge in [-0.15, -0.1) is 0 Å². The van der Waals surface area contributed by atoms with E-state index >= 15 is 0 Å². The van der Waals surface area contributed by atoms with Crippen LogP contribution in [-0.4, -0.2) is 6.03 Å². The van der Waals surface area contributed by atoms with Gasteiger partial charge in [0.2, 0.25) is 0 Å². The standard InChI is InChI=1S/C12H15BrN2O/c1-3-9(2)8-14-12(16)15-11-6-4-5-10(13)7-11/h4-8H,3H2,1-2H3,(H2,14,15,16)/b9-8+. The van der Waals surface area contributed by atoms with Gasteiger partial charge in [-0.05, 0) is 31.5 Å². The zero-order chi connectivity index (χ0) is 12.0. The maximum absolute atomic E-state index is 11.5. The predicted molar refractivity (Wildman–Crippen MR) is 70.3 cm³/mol. The highest BCUT2D eigenvalue weighted by Gasteiger charge is 1.99. The number of nitrogens with one attached hydrogen (secondary N) is 2. The molecule has 4 heteroatoms. The van der Waals surface area contributed by atoms with Crippen molar-refractivity contribution in [2.45, 2.75) is 20.3 Å². The third-order valence-electron chi connectivity index (χ3n) is 2.09. The Kier molecular flexibility index (Phi) is 5.05. The molecule has 0 heterocycles. The van der Waals surface area contributed by atoms with Crippen LogP contribution >= 0.6 is 15.9 Å². The first-order valence-electron chi connectivity index (χ1n) is 5.10. The van der Waals surface area contributed by atoms with Crippen molar-refractivity contribution in [3.05, 3.63) is 40.5 Å². The second-order valence-electron chi connectivity index (χ2n) is 3.45. The molecular weight excluding hydrogens is 268 g/mol. The van der Waals surface area contributed by atoms with E-state index in [1.807, 2.05) is 38.1 Å². The Morgan fingerprint density at radius 3 is 2.88 bits per heavy atom. The minimum absolute atomic E-state index is 0.231. The van der Waals surface area contributed by atoms with Crippen molar-refractivity contribution in [3.8, 4) is 0 Å². The Labute approximate surface area is 104 Å². The molecule has 2 amide bonds. The Hall–Kier alpha value is -1.29. The second-order valence-corrected chi connectivity index (χ2v) is 4.37. The summed E-state index contributed by atoms with van der Waals surface area (Å²) in [7, 11) is 0. The van der Waals surface area contributed by atoms with E-state index in [-0.39, 0.29) is 6.03 Å². The van der Waals surface area contributed by atoms with Crippen LogP contribution < -0.4 is 10.6 Å². The van der Waals surface area contributed by atoms with Crippen molar-refractivity contribution in [3.63, 3.8) is 0 Å². The molecule has 86 valence electrons. The fraction of sp³-hybridized carbons (Fsp3) is 0.250. The first-order valence-corrected chi connectivity index (χ1v) is 5.90. The number of halogens is 1. The average molecular weight is 283 g/mol. The van der Waals surface area contributed by atoms with E-state index in [9.17, 15) is 4.79 Å². The number of urea groups is 1. The summed E-state index contributed by atoms with van der Waals surface area (Å²) in [6.45, 7) is 4.01. The molecule has 0 unspecified atom stereocenters. The molecule has 0 aromatic heterocycles. The van der Waals surface area contributed by atoms with Crippen molar-refractivity contribution in [1.82, 2.24) is 5.32 Å². The molecule has 1 aromatic rings. The van der Waals surface area contributed by atoms with Gasteiger partial charge in [0.05, 0.1) is 0 Å². The molecule has 0 aliphatic carbocycles. The number of amides is 2. The van der Waals surface area contributed by atoms with Crippen LogP contribution in [0.4, 0.5) is 10.5 Å². The Morgan fingerprint density at radius 1 is 1.50 bits per heavy atom. The van der Waals surface area contributed by atoms with Crippen molar-refractivity contribution in [2.24, 2.45) is 0 Å². The first kappa shape index (κ1) is 12.8. The lowest BCUT2D eigenvalue weighted by Gasteiger charge is -2.05. The van der Waals surface area contributed by atoms with Crippen LogP contribution in [0.3, 0.4) is 0 Å². The third kappa shape index (κ3) is 4.49. The summed E-state index contributed by atoms with van der Waals surface area (Å²) < 4.78 is 0.936. The van der Waals surface area contributed by atoms with E-state index in [1.54, 1.807) is 6.20 Å². The largest absolute Gasteiger partial charge is 0.323 e. The summed E-state index contributed by atoms with van der Waals surface area (Å²) in [5.41, 5.74) is 1.89. The maximum atomic E-state index is 11.5. The van der Waals surface area contributed by atoms with Gasteiger partial charge < -0.3 is 10.6 Å². The zero-order valence-corrected chi connectivity index (χ0v) is 11.0. The molecule has 0 saturated heterocycles. The monoisotopic (exact) mass is 282 g/mol.